The Balaban J connectivity index is 0.00000364. The summed E-state index contributed by atoms with van der Waals surface area (Å²) in [4.78, 5) is 8.26. The number of nitrogens with one attached hydrogen (secondary N) is 2. The van der Waals surface area contributed by atoms with E-state index in [1.54, 1.807) is 12.1 Å². The molecule has 0 aliphatic rings. The first-order chi connectivity index (χ1) is 12.5. The lowest BCUT2D eigenvalue weighted by atomic mass is 10.3. The number of hydrogen-bond acceptors (Lipinski definition) is 3. The van der Waals surface area contributed by atoms with Crippen molar-refractivity contribution in [3.8, 4) is 5.88 Å². The van der Waals surface area contributed by atoms with E-state index in [2.05, 4.69) is 20.6 Å². The molecule has 0 saturated heterocycles. The van der Waals surface area contributed by atoms with Gasteiger partial charge in [0.05, 0.1) is 6.54 Å². The molecule has 0 saturated carbocycles. The first kappa shape index (κ1) is 23.1. The van der Waals surface area contributed by atoms with E-state index in [4.69, 9.17) is 4.74 Å². The summed E-state index contributed by atoms with van der Waals surface area (Å²) in [6.07, 6.45) is 0.907. The van der Waals surface area contributed by atoms with Crippen LogP contribution in [-0.4, -0.2) is 41.4 Å². The number of aromatic nitrogens is 2. The highest BCUT2D eigenvalue weighted by Crippen LogP contribution is 2.20. The Morgan fingerprint density at radius 3 is 2.63 bits per heavy atom. The van der Waals surface area contributed by atoms with Crippen LogP contribution < -0.4 is 15.4 Å². The number of halogens is 4. The molecule has 2 aromatic heterocycles. The van der Waals surface area contributed by atoms with Gasteiger partial charge >= 0.3 is 6.18 Å². The van der Waals surface area contributed by atoms with Crippen LogP contribution in [0.25, 0.3) is 0 Å². The molecule has 0 amide bonds. The second-order valence-electron chi connectivity index (χ2n) is 5.41. The second-order valence-corrected chi connectivity index (χ2v) is 5.41. The van der Waals surface area contributed by atoms with Crippen LogP contribution in [0.15, 0.2) is 47.8 Å². The molecule has 0 atom stereocenters. The third-order valence-corrected chi connectivity index (χ3v) is 3.30. The fourth-order valence-corrected chi connectivity index (χ4v) is 2.15. The monoisotopic (exact) mass is 497 g/mol. The van der Waals surface area contributed by atoms with Gasteiger partial charge in [-0.25, -0.2) is 9.98 Å². The van der Waals surface area contributed by atoms with Gasteiger partial charge < -0.3 is 19.9 Å². The highest BCUT2D eigenvalue weighted by atomic mass is 127. The van der Waals surface area contributed by atoms with Gasteiger partial charge in [-0.1, -0.05) is 6.07 Å². The third-order valence-electron chi connectivity index (χ3n) is 3.30. The van der Waals surface area contributed by atoms with E-state index >= 15 is 0 Å². The molecule has 2 aromatic rings. The van der Waals surface area contributed by atoms with E-state index in [1.807, 2.05) is 36.0 Å². The highest BCUT2D eigenvalue weighted by molar-refractivity contribution is 14.0. The van der Waals surface area contributed by atoms with Gasteiger partial charge in [-0.2, -0.15) is 13.2 Å². The van der Waals surface area contributed by atoms with Crippen LogP contribution in [0.5, 0.6) is 5.88 Å². The predicted molar refractivity (Wildman–Crippen MR) is 108 cm³/mol. The average molecular weight is 497 g/mol. The molecule has 27 heavy (non-hydrogen) atoms. The number of guanidine groups is 1. The van der Waals surface area contributed by atoms with Crippen LogP contribution in [-0.2, 0) is 13.1 Å². The van der Waals surface area contributed by atoms with E-state index in [0.717, 1.165) is 6.54 Å². The molecule has 2 heterocycles. The van der Waals surface area contributed by atoms with Crippen LogP contribution >= 0.6 is 24.0 Å². The van der Waals surface area contributed by atoms with E-state index in [9.17, 15) is 13.2 Å². The van der Waals surface area contributed by atoms with Gasteiger partial charge in [0.2, 0.25) is 5.88 Å². The van der Waals surface area contributed by atoms with Crippen molar-refractivity contribution in [1.29, 1.82) is 0 Å². The Kier molecular flexibility index (Phi) is 9.97. The Hall–Kier alpha value is -1.98. The van der Waals surface area contributed by atoms with Gasteiger partial charge in [-0.15, -0.1) is 24.0 Å². The summed E-state index contributed by atoms with van der Waals surface area (Å²) in [5.74, 6) is 0.516. The first-order valence-electron chi connectivity index (χ1n) is 8.24. The predicted octanol–water partition coefficient (Wildman–Crippen LogP) is 3.20. The molecule has 0 spiro atoms. The Labute approximate surface area is 173 Å². The number of alkyl halides is 3. The zero-order chi connectivity index (χ0) is 18.8. The average Bonchev–Trinajstić information content (AvgIpc) is 3.11. The molecule has 0 aliphatic carbocycles. The number of ether oxygens (including phenoxy) is 1. The minimum Gasteiger partial charge on any atom is -0.468 e. The van der Waals surface area contributed by atoms with Gasteiger partial charge in [0.25, 0.3) is 0 Å². The molecule has 150 valence electrons. The summed E-state index contributed by atoms with van der Waals surface area (Å²) < 4.78 is 43.8. The fourth-order valence-electron chi connectivity index (χ4n) is 2.15. The van der Waals surface area contributed by atoms with Crippen LogP contribution in [0, 0.1) is 0 Å². The maximum Gasteiger partial charge on any atom is 0.422 e. The quantitative estimate of drug-likeness (QED) is 0.334. The van der Waals surface area contributed by atoms with Gasteiger partial charge in [0.15, 0.2) is 12.6 Å². The maximum absolute atomic E-state index is 12.3. The number of aliphatic imine (C=N–C) groups is 1. The van der Waals surface area contributed by atoms with Crippen molar-refractivity contribution in [2.24, 2.45) is 4.99 Å². The van der Waals surface area contributed by atoms with E-state index < -0.39 is 12.8 Å². The van der Waals surface area contributed by atoms with Crippen molar-refractivity contribution in [3.63, 3.8) is 0 Å². The van der Waals surface area contributed by atoms with Crippen LogP contribution in [0.2, 0.25) is 0 Å². The molecular weight excluding hydrogens is 474 g/mol. The van der Waals surface area contributed by atoms with E-state index in [1.165, 1.54) is 6.20 Å². The minimum atomic E-state index is -4.41. The van der Waals surface area contributed by atoms with E-state index in [-0.39, 0.29) is 36.4 Å². The maximum atomic E-state index is 12.3. The molecule has 2 rings (SSSR count). The molecule has 0 bridgehead atoms. The SMILES string of the molecule is CCNC(=NCc1cccnc1OCC(F)(F)F)NCCn1cccc1.I. The smallest absolute Gasteiger partial charge is 0.422 e. The molecule has 6 nitrogen and oxygen atoms in total. The van der Waals surface area contributed by atoms with Gasteiger partial charge in [0, 0.05) is 43.8 Å². The number of nitrogens with zero attached hydrogens (tertiary/aromatic N) is 3. The molecule has 0 aliphatic heterocycles. The van der Waals surface area contributed by atoms with Crippen molar-refractivity contribution in [3.05, 3.63) is 48.4 Å². The second kappa shape index (κ2) is 11.7. The normalized spacial score (nSPS) is 11.6. The molecule has 2 N–H and O–H groups in total. The summed E-state index contributed by atoms with van der Waals surface area (Å²) in [6.45, 7) is 2.80. The molecule has 0 aromatic carbocycles. The first-order valence-corrected chi connectivity index (χ1v) is 8.24. The highest BCUT2D eigenvalue weighted by Gasteiger charge is 2.29. The summed E-state index contributed by atoms with van der Waals surface area (Å²) in [7, 11) is 0. The molecule has 0 unspecified atom stereocenters. The lowest BCUT2D eigenvalue weighted by Gasteiger charge is -2.13. The van der Waals surface area contributed by atoms with Gasteiger partial charge in [-0.05, 0) is 25.1 Å². The van der Waals surface area contributed by atoms with Gasteiger partial charge in [0.1, 0.15) is 0 Å². The Morgan fingerprint density at radius 1 is 1.22 bits per heavy atom. The third kappa shape index (κ3) is 8.98. The molecule has 10 heteroatoms. The zero-order valence-corrected chi connectivity index (χ0v) is 17.2. The Morgan fingerprint density at radius 2 is 1.96 bits per heavy atom. The summed E-state index contributed by atoms with van der Waals surface area (Å²) in [5.41, 5.74) is 0.486. The molecule has 0 radical (unpaired) electrons. The summed E-state index contributed by atoms with van der Waals surface area (Å²) >= 11 is 0. The summed E-state index contributed by atoms with van der Waals surface area (Å²) in [5, 5.41) is 6.28. The van der Waals surface area contributed by atoms with E-state index in [0.29, 0.717) is 24.6 Å². The van der Waals surface area contributed by atoms with Crippen molar-refractivity contribution in [2.45, 2.75) is 26.2 Å². The van der Waals surface area contributed by atoms with Crippen molar-refractivity contribution < 1.29 is 17.9 Å². The topological polar surface area (TPSA) is 63.5 Å². The number of pyridine rings is 1. The van der Waals surface area contributed by atoms with Crippen molar-refractivity contribution in [2.75, 3.05) is 19.7 Å². The van der Waals surface area contributed by atoms with Crippen molar-refractivity contribution in [1.82, 2.24) is 20.2 Å². The fraction of sp³-hybridized carbons (Fsp3) is 0.412. The molecule has 0 fully saturated rings. The minimum absolute atomic E-state index is 0. The lowest BCUT2D eigenvalue weighted by molar-refractivity contribution is -0.154. The molecular formula is C17H23F3IN5O. The lowest BCUT2D eigenvalue weighted by Crippen LogP contribution is -2.38. The largest absolute Gasteiger partial charge is 0.468 e. The van der Waals surface area contributed by atoms with Crippen LogP contribution in [0.3, 0.4) is 0 Å². The summed E-state index contributed by atoms with van der Waals surface area (Å²) in [6, 6.07) is 7.18. The number of rotatable bonds is 8. The standard InChI is InChI=1S/C17H22F3N5O.HI/c1-2-21-16(23-8-11-25-9-3-4-10-25)24-12-14-6-5-7-22-15(14)26-13-17(18,19)20;/h3-7,9-10H,2,8,11-13H2,1H3,(H2,21,23,24);1H. The number of hydrogen-bond donors (Lipinski definition) is 2. The van der Waals surface area contributed by atoms with Crippen molar-refractivity contribution >= 4 is 29.9 Å². The van der Waals surface area contributed by atoms with Crippen LogP contribution in [0.1, 0.15) is 12.5 Å². The zero-order valence-electron chi connectivity index (χ0n) is 14.9. The van der Waals surface area contributed by atoms with Crippen LogP contribution in [0.4, 0.5) is 13.2 Å². The van der Waals surface area contributed by atoms with Gasteiger partial charge in [-0.3, -0.25) is 0 Å². The Bertz CT molecular complexity index is 692.